The van der Waals surface area contributed by atoms with Crippen LogP contribution in [0, 0.1) is 17.8 Å². The first-order valence-corrected chi connectivity index (χ1v) is 5.29. The first-order chi connectivity index (χ1) is 7.93. The Bertz CT molecular complexity index is 626. The maximum atomic E-state index is 12.2. The molecule has 0 aliphatic carbocycles. The third-order valence-electron chi connectivity index (χ3n) is 2.45. The third-order valence-corrected chi connectivity index (χ3v) is 2.45. The number of Topliss-reactive ketones (excluding diaryl/α,β-unsaturated/α-hetero) is 1. The molecular formula is C13H13N3O. The number of hydrogen-bond donors (Lipinski definition) is 1. The smallest absolute Gasteiger partial charge is 0.171 e. The SMILES string of the molecule is C#Cc1cnc2[nH]cc(C(=O)C(C)(C)C)c2n1. The van der Waals surface area contributed by atoms with Gasteiger partial charge in [0.2, 0.25) is 0 Å². The number of H-pyrrole nitrogens is 1. The first-order valence-electron chi connectivity index (χ1n) is 5.29. The van der Waals surface area contributed by atoms with Crippen LogP contribution in [0.1, 0.15) is 36.8 Å². The van der Waals surface area contributed by atoms with E-state index >= 15 is 0 Å². The van der Waals surface area contributed by atoms with Crippen LogP contribution in [0.5, 0.6) is 0 Å². The molecule has 2 heterocycles. The van der Waals surface area contributed by atoms with Crippen molar-refractivity contribution in [3.63, 3.8) is 0 Å². The zero-order valence-corrected chi connectivity index (χ0v) is 10.0. The van der Waals surface area contributed by atoms with Crippen LogP contribution in [0.25, 0.3) is 11.2 Å². The number of nitrogens with one attached hydrogen (secondary N) is 1. The molecular weight excluding hydrogens is 214 g/mol. The fourth-order valence-corrected chi connectivity index (χ4v) is 1.54. The average molecular weight is 227 g/mol. The van der Waals surface area contributed by atoms with Crippen molar-refractivity contribution in [2.45, 2.75) is 20.8 Å². The highest BCUT2D eigenvalue weighted by Crippen LogP contribution is 2.24. The standard InChI is InChI=1S/C13H13N3O/c1-5-8-6-14-12-10(16-8)9(7-15-12)11(17)13(2,3)4/h1,6-7H,2-4H3,(H,14,15). The molecule has 0 saturated heterocycles. The molecule has 0 amide bonds. The summed E-state index contributed by atoms with van der Waals surface area (Å²) in [6.07, 6.45) is 8.42. The number of nitrogens with zero attached hydrogens (tertiary/aromatic N) is 2. The van der Waals surface area contributed by atoms with Crippen LogP contribution < -0.4 is 0 Å². The minimum Gasteiger partial charge on any atom is -0.344 e. The Balaban J connectivity index is 2.64. The first kappa shape index (κ1) is 11.3. The summed E-state index contributed by atoms with van der Waals surface area (Å²) in [5.41, 5.74) is 1.64. The number of fused-ring (bicyclic) bond motifs is 1. The van der Waals surface area contributed by atoms with E-state index in [1.807, 2.05) is 20.8 Å². The number of rotatable bonds is 1. The van der Waals surface area contributed by atoms with Gasteiger partial charge in [0.15, 0.2) is 11.4 Å². The summed E-state index contributed by atoms with van der Waals surface area (Å²) >= 11 is 0. The highest BCUT2D eigenvalue weighted by atomic mass is 16.1. The van der Waals surface area contributed by atoms with Crippen molar-refractivity contribution < 1.29 is 4.79 Å². The molecule has 0 aromatic carbocycles. The second-order valence-corrected chi connectivity index (χ2v) is 4.88. The van der Waals surface area contributed by atoms with Gasteiger partial charge in [0.05, 0.1) is 11.8 Å². The van der Waals surface area contributed by atoms with Crippen molar-refractivity contribution in [3.05, 3.63) is 23.7 Å². The summed E-state index contributed by atoms with van der Waals surface area (Å²) in [4.78, 5) is 23.5. The average Bonchev–Trinajstić information content (AvgIpc) is 2.69. The van der Waals surface area contributed by atoms with Crippen molar-refractivity contribution in [3.8, 4) is 12.3 Å². The zero-order chi connectivity index (χ0) is 12.6. The second-order valence-electron chi connectivity index (χ2n) is 4.88. The van der Waals surface area contributed by atoms with Gasteiger partial charge in [-0.1, -0.05) is 20.8 Å². The summed E-state index contributed by atoms with van der Waals surface area (Å²) in [5.74, 6) is 2.44. The van der Waals surface area contributed by atoms with E-state index in [0.29, 0.717) is 22.4 Å². The summed E-state index contributed by atoms with van der Waals surface area (Å²) in [7, 11) is 0. The van der Waals surface area contributed by atoms with Gasteiger partial charge >= 0.3 is 0 Å². The second kappa shape index (κ2) is 3.70. The molecule has 86 valence electrons. The number of ketones is 1. The Labute approximate surface area is 99.5 Å². The van der Waals surface area contributed by atoms with E-state index in [2.05, 4.69) is 20.9 Å². The molecule has 4 nitrogen and oxygen atoms in total. The molecule has 1 N–H and O–H groups in total. The molecule has 2 rings (SSSR count). The topological polar surface area (TPSA) is 58.6 Å². The largest absolute Gasteiger partial charge is 0.344 e. The zero-order valence-electron chi connectivity index (χ0n) is 10.0. The predicted octanol–water partition coefficient (Wildman–Crippen LogP) is 2.17. The normalized spacial score (nSPS) is 11.4. The number of carbonyl (C=O) groups is 1. The van der Waals surface area contributed by atoms with Gasteiger partial charge in [-0.25, -0.2) is 9.97 Å². The van der Waals surface area contributed by atoms with Gasteiger partial charge in [-0.3, -0.25) is 4.79 Å². The number of carbonyl (C=O) groups excluding carboxylic acids is 1. The molecule has 4 heteroatoms. The molecule has 17 heavy (non-hydrogen) atoms. The van der Waals surface area contributed by atoms with Crippen LogP contribution in [-0.2, 0) is 0 Å². The van der Waals surface area contributed by atoms with Crippen LogP contribution in [0.15, 0.2) is 12.4 Å². The molecule has 0 bridgehead atoms. The molecule has 0 radical (unpaired) electrons. The highest BCUT2D eigenvalue weighted by molar-refractivity contribution is 6.08. The lowest BCUT2D eigenvalue weighted by Crippen LogP contribution is -2.20. The molecule has 0 unspecified atom stereocenters. The van der Waals surface area contributed by atoms with Crippen molar-refractivity contribution in [1.82, 2.24) is 15.0 Å². The van der Waals surface area contributed by atoms with Gasteiger partial charge in [0, 0.05) is 11.6 Å². The highest BCUT2D eigenvalue weighted by Gasteiger charge is 2.26. The van der Waals surface area contributed by atoms with E-state index in [1.165, 1.54) is 6.20 Å². The fourth-order valence-electron chi connectivity index (χ4n) is 1.54. The van der Waals surface area contributed by atoms with Crippen LogP contribution in [0.4, 0.5) is 0 Å². The molecule has 0 saturated carbocycles. The molecule has 0 aliphatic rings. The lowest BCUT2D eigenvalue weighted by molar-refractivity contribution is 0.0860. The van der Waals surface area contributed by atoms with E-state index < -0.39 is 5.41 Å². The van der Waals surface area contributed by atoms with Crippen LogP contribution in [0.2, 0.25) is 0 Å². The maximum absolute atomic E-state index is 12.2. The van der Waals surface area contributed by atoms with E-state index in [4.69, 9.17) is 6.42 Å². The monoisotopic (exact) mass is 227 g/mol. The van der Waals surface area contributed by atoms with E-state index in [9.17, 15) is 4.79 Å². The third kappa shape index (κ3) is 1.92. The number of aromatic nitrogens is 3. The summed E-state index contributed by atoms with van der Waals surface area (Å²) in [5, 5.41) is 0. The number of hydrogen-bond acceptors (Lipinski definition) is 3. The predicted molar refractivity (Wildman–Crippen MR) is 65.6 cm³/mol. The van der Waals surface area contributed by atoms with Gasteiger partial charge in [-0.05, 0) is 5.92 Å². The van der Waals surface area contributed by atoms with Crippen LogP contribution >= 0.6 is 0 Å². The quantitative estimate of drug-likeness (QED) is 0.600. The lowest BCUT2D eigenvalue weighted by Gasteiger charge is -2.15. The van der Waals surface area contributed by atoms with E-state index in [0.717, 1.165) is 0 Å². The van der Waals surface area contributed by atoms with E-state index in [-0.39, 0.29) is 5.78 Å². The minimum absolute atomic E-state index is 0.0206. The Morgan fingerprint density at radius 3 is 2.76 bits per heavy atom. The van der Waals surface area contributed by atoms with Gasteiger partial charge in [0.1, 0.15) is 11.2 Å². The number of aromatic amines is 1. The van der Waals surface area contributed by atoms with Crippen molar-refractivity contribution >= 4 is 16.9 Å². The van der Waals surface area contributed by atoms with Crippen molar-refractivity contribution in [2.75, 3.05) is 0 Å². The van der Waals surface area contributed by atoms with Crippen LogP contribution in [-0.4, -0.2) is 20.7 Å². The fraction of sp³-hybridized carbons (Fsp3) is 0.308. The van der Waals surface area contributed by atoms with Gasteiger partial charge in [-0.2, -0.15) is 0 Å². The van der Waals surface area contributed by atoms with Gasteiger partial charge < -0.3 is 4.98 Å². The number of terminal acetylenes is 1. The molecule has 0 aliphatic heterocycles. The molecule has 0 fully saturated rings. The van der Waals surface area contributed by atoms with E-state index in [1.54, 1.807) is 6.20 Å². The van der Waals surface area contributed by atoms with Crippen molar-refractivity contribution in [2.24, 2.45) is 5.41 Å². The molecule has 2 aromatic rings. The lowest BCUT2D eigenvalue weighted by atomic mass is 9.87. The Hall–Kier alpha value is -2.15. The maximum Gasteiger partial charge on any atom is 0.171 e. The Morgan fingerprint density at radius 1 is 1.47 bits per heavy atom. The molecule has 0 atom stereocenters. The van der Waals surface area contributed by atoms with Gasteiger partial charge in [0.25, 0.3) is 0 Å². The van der Waals surface area contributed by atoms with Crippen molar-refractivity contribution in [1.29, 1.82) is 0 Å². The Kier molecular flexibility index (Phi) is 2.47. The van der Waals surface area contributed by atoms with Crippen LogP contribution in [0.3, 0.4) is 0 Å². The summed E-state index contributed by atoms with van der Waals surface area (Å²) in [6.45, 7) is 5.60. The Morgan fingerprint density at radius 2 is 2.18 bits per heavy atom. The van der Waals surface area contributed by atoms with Gasteiger partial charge in [-0.15, -0.1) is 6.42 Å². The summed E-state index contributed by atoms with van der Waals surface area (Å²) in [6, 6.07) is 0. The minimum atomic E-state index is -0.455. The molecule has 2 aromatic heterocycles. The summed E-state index contributed by atoms with van der Waals surface area (Å²) < 4.78 is 0. The molecule has 0 spiro atoms.